The number of carbonyl (C=O) groups is 2. The maximum absolute atomic E-state index is 11.6. The van der Waals surface area contributed by atoms with Crippen LogP contribution >= 0.6 is 31.9 Å². The second-order valence-electron chi connectivity index (χ2n) is 5.08. The zero-order valence-corrected chi connectivity index (χ0v) is 16.7. The number of amides is 2. The molecule has 10 heteroatoms. The number of unbranched alkanes of at least 4 members (excludes halogenated alkanes) is 1. The fourth-order valence-corrected chi connectivity index (χ4v) is 2.45. The number of carbonyl (C=O) groups excluding carboxylic acids is 2. The van der Waals surface area contributed by atoms with Crippen molar-refractivity contribution >= 4 is 56.1 Å². The van der Waals surface area contributed by atoms with Gasteiger partial charge in [0.15, 0.2) is 9.34 Å². The third kappa shape index (κ3) is 7.79. The van der Waals surface area contributed by atoms with Gasteiger partial charge in [0.2, 0.25) is 11.8 Å². The summed E-state index contributed by atoms with van der Waals surface area (Å²) in [6.07, 6.45) is 4.50. The molecule has 0 aliphatic heterocycles. The molecule has 2 amide bonds. The van der Waals surface area contributed by atoms with E-state index in [-0.39, 0.29) is 24.7 Å². The van der Waals surface area contributed by atoms with Crippen molar-refractivity contribution in [3.63, 3.8) is 0 Å². The van der Waals surface area contributed by atoms with Crippen LogP contribution in [-0.4, -0.2) is 24.2 Å². The van der Waals surface area contributed by atoms with E-state index in [9.17, 15) is 9.59 Å². The Labute approximate surface area is 166 Å². The normalized spacial score (nSPS) is 11.3. The van der Waals surface area contributed by atoms with Crippen molar-refractivity contribution < 1.29 is 18.4 Å². The van der Waals surface area contributed by atoms with Crippen LogP contribution in [0.15, 0.2) is 52.6 Å². The Balaban J connectivity index is 1.54. The standard InChI is InChI=1S/C16H16Br2N4O4/c17-13-7-5-11(25-13)9-19-21-15(23)3-1-2-4-16(24)22-20-10-12-6-8-14(18)26-12/h5-10H,1-4H2,(H,21,23)(H,22,24). The van der Waals surface area contributed by atoms with Crippen LogP contribution in [0.2, 0.25) is 0 Å². The molecule has 0 spiro atoms. The SMILES string of the molecule is O=C(CCCCC(=O)NN=Cc1ccc(Br)o1)NN=Cc1ccc(Br)o1. The molecule has 0 aromatic carbocycles. The summed E-state index contributed by atoms with van der Waals surface area (Å²) < 4.78 is 11.6. The number of rotatable bonds is 9. The summed E-state index contributed by atoms with van der Waals surface area (Å²) in [6.45, 7) is 0. The number of hydrazone groups is 2. The fraction of sp³-hybridized carbons (Fsp3) is 0.250. The lowest BCUT2D eigenvalue weighted by atomic mass is 10.2. The van der Waals surface area contributed by atoms with Crippen LogP contribution < -0.4 is 10.9 Å². The lowest BCUT2D eigenvalue weighted by Gasteiger charge is -2.00. The molecule has 0 unspecified atom stereocenters. The second kappa shape index (κ2) is 10.7. The van der Waals surface area contributed by atoms with Crippen LogP contribution in [0, 0.1) is 0 Å². The maximum atomic E-state index is 11.6. The first-order valence-electron chi connectivity index (χ1n) is 7.67. The molecule has 26 heavy (non-hydrogen) atoms. The number of hydrogen-bond acceptors (Lipinski definition) is 6. The average molecular weight is 488 g/mol. The Hall–Kier alpha value is -2.20. The molecule has 0 saturated heterocycles. The van der Waals surface area contributed by atoms with Crippen molar-refractivity contribution in [3.05, 3.63) is 45.1 Å². The smallest absolute Gasteiger partial charge is 0.240 e. The number of nitrogens with one attached hydrogen (secondary N) is 2. The molecule has 0 aliphatic carbocycles. The van der Waals surface area contributed by atoms with Crippen LogP contribution in [0.5, 0.6) is 0 Å². The first-order valence-corrected chi connectivity index (χ1v) is 9.26. The molecule has 0 fully saturated rings. The van der Waals surface area contributed by atoms with Gasteiger partial charge < -0.3 is 8.83 Å². The molecule has 0 bridgehead atoms. The number of nitrogens with zero attached hydrogens (tertiary/aromatic N) is 2. The van der Waals surface area contributed by atoms with E-state index in [4.69, 9.17) is 8.83 Å². The summed E-state index contributed by atoms with van der Waals surface area (Å²) >= 11 is 6.34. The zero-order valence-electron chi connectivity index (χ0n) is 13.6. The van der Waals surface area contributed by atoms with Crippen LogP contribution in [0.1, 0.15) is 37.2 Å². The summed E-state index contributed by atoms with van der Waals surface area (Å²) in [5.41, 5.74) is 4.80. The van der Waals surface area contributed by atoms with E-state index in [1.54, 1.807) is 24.3 Å². The quantitative estimate of drug-likeness (QED) is 0.320. The Kier molecular flexibility index (Phi) is 8.29. The van der Waals surface area contributed by atoms with E-state index < -0.39 is 0 Å². The average Bonchev–Trinajstić information content (AvgIpc) is 3.20. The first kappa shape index (κ1) is 20.1. The van der Waals surface area contributed by atoms with E-state index in [1.807, 2.05) is 0 Å². The molecule has 138 valence electrons. The van der Waals surface area contributed by atoms with E-state index in [0.29, 0.717) is 33.7 Å². The first-order chi connectivity index (χ1) is 12.5. The van der Waals surface area contributed by atoms with E-state index >= 15 is 0 Å². The predicted molar refractivity (Wildman–Crippen MR) is 103 cm³/mol. The Morgan fingerprint density at radius 1 is 0.846 bits per heavy atom. The lowest BCUT2D eigenvalue weighted by Crippen LogP contribution is -2.18. The minimum absolute atomic E-state index is 0.228. The summed E-state index contributed by atoms with van der Waals surface area (Å²) in [6, 6.07) is 6.88. The highest BCUT2D eigenvalue weighted by Crippen LogP contribution is 2.12. The molecule has 8 nitrogen and oxygen atoms in total. The summed E-state index contributed by atoms with van der Waals surface area (Å²) in [4.78, 5) is 23.2. The van der Waals surface area contributed by atoms with Crippen LogP contribution in [0.4, 0.5) is 0 Å². The molecular weight excluding hydrogens is 472 g/mol. The molecule has 2 heterocycles. The molecule has 2 aromatic rings. The monoisotopic (exact) mass is 486 g/mol. The zero-order chi connectivity index (χ0) is 18.8. The van der Waals surface area contributed by atoms with Crippen molar-refractivity contribution in [3.8, 4) is 0 Å². The van der Waals surface area contributed by atoms with Crippen LogP contribution in [0.25, 0.3) is 0 Å². The van der Waals surface area contributed by atoms with E-state index in [1.165, 1.54) is 12.4 Å². The second-order valence-corrected chi connectivity index (χ2v) is 6.64. The summed E-state index contributed by atoms with van der Waals surface area (Å²) in [5.74, 6) is 0.593. The number of halogens is 2. The largest absolute Gasteiger partial charge is 0.448 e. The fourth-order valence-electron chi connectivity index (χ4n) is 1.81. The van der Waals surface area contributed by atoms with Crippen molar-refractivity contribution in [2.24, 2.45) is 10.2 Å². The minimum Gasteiger partial charge on any atom is -0.448 e. The van der Waals surface area contributed by atoms with Gasteiger partial charge >= 0.3 is 0 Å². The maximum Gasteiger partial charge on any atom is 0.240 e. The molecule has 0 radical (unpaired) electrons. The molecule has 0 atom stereocenters. The Morgan fingerprint density at radius 3 is 1.62 bits per heavy atom. The number of hydrogen-bond donors (Lipinski definition) is 2. The molecule has 0 saturated carbocycles. The van der Waals surface area contributed by atoms with Gasteiger partial charge in [0.05, 0.1) is 12.4 Å². The summed E-state index contributed by atoms with van der Waals surface area (Å²) in [5, 5.41) is 7.58. The van der Waals surface area contributed by atoms with Gasteiger partial charge in [-0.05, 0) is 69.0 Å². The number of furan rings is 2. The summed E-state index contributed by atoms with van der Waals surface area (Å²) in [7, 11) is 0. The third-order valence-corrected chi connectivity index (χ3v) is 3.86. The third-order valence-electron chi connectivity index (χ3n) is 3.01. The Morgan fingerprint density at radius 2 is 1.27 bits per heavy atom. The highest BCUT2D eigenvalue weighted by Gasteiger charge is 2.03. The van der Waals surface area contributed by atoms with Gasteiger partial charge in [0.25, 0.3) is 0 Å². The predicted octanol–water partition coefficient (Wildman–Crippen LogP) is 3.56. The van der Waals surface area contributed by atoms with E-state index in [0.717, 1.165) is 0 Å². The van der Waals surface area contributed by atoms with Gasteiger partial charge in [-0.25, -0.2) is 10.9 Å². The highest BCUT2D eigenvalue weighted by atomic mass is 79.9. The van der Waals surface area contributed by atoms with Crippen molar-refractivity contribution in [1.29, 1.82) is 0 Å². The topological polar surface area (TPSA) is 109 Å². The highest BCUT2D eigenvalue weighted by molar-refractivity contribution is 9.10. The lowest BCUT2D eigenvalue weighted by molar-refractivity contribution is -0.123. The van der Waals surface area contributed by atoms with Gasteiger partial charge in [-0.15, -0.1) is 0 Å². The molecule has 2 aromatic heterocycles. The minimum atomic E-state index is -0.228. The van der Waals surface area contributed by atoms with Gasteiger partial charge in [-0.1, -0.05) is 0 Å². The van der Waals surface area contributed by atoms with E-state index in [2.05, 4.69) is 52.9 Å². The van der Waals surface area contributed by atoms with Gasteiger partial charge in [-0.3, -0.25) is 9.59 Å². The van der Waals surface area contributed by atoms with Crippen molar-refractivity contribution in [2.75, 3.05) is 0 Å². The van der Waals surface area contributed by atoms with Gasteiger partial charge in [0, 0.05) is 12.8 Å². The molecule has 2 N–H and O–H groups in total. The molecular formula is C16H16Br2N4O4. The van der Waals surface area contributed by atoms with Gasteiger partial charge in [-0.2, -0.15) is 10.2 Å². The van der Waals surface area contributed by atoms with Gasteiger partial charge in [0.1, 0.15) is 11.5 Å². The molecule has 2 rings (SSSR count). The molecule has 0 aliphatic rings. The van der Waals surface area contributed by atoms with Crippen molar-refractivity contribution in [1.82, 2.24) is 10.9 Å². The van der Waals surface area contributed by atoms with Crippen molar-refractivity contribution in [2.45, 2.75) is 25.7 Å². The van der Waals surface area contributed by atoms with Crippen LogP contribution in [0.3, 0.4) is 0 Å². The van der Waals surface area contributed by atoms with Crippen LogP contribution in [-0.2, 0) is 9.59 Å². The Bertz CT molecular complexity index is 732.